The Bertz CT molecular complexity index is 1070. The third-order valence-electron chi connectivity index (χ3n) is 3.62. The second-order valence-electron chi connectivity index (χ2n) is 5.49. The van der Waals surface area contributed by atoms with Gasteiger partial charge in [0.2, 0.25) is 0 Å². The average molecular weight is 370 g/mol. The monoisotopic (exact) mass is 369 g/mol. The van der Waals surface area contributed by atoms with E-state index in [1.54, 1.807) is 35.3 Å². The zero-order valence-electron chi connectivity index (χ0n) is 13.1. The predicted octanol–water partition coefficient (Wildman–Crippen LogP) is 4.30. The number of rotatable bonds is 3. The molecule has 0 aliphatic heterocycles. The number of pyridine rings is 1. The van der Waals surface area contributed by atoms with Crippen molar-refractivity contribution in [3.63, 3.8) is 0 Å². The largest absolute Gasteiger partial charge is 0.337 e. The summed E-state index contributed by atoms with van der Waals surface area (Å²) in [5.74, 6) is 0.333. The first-order chi connectivity index (χ1) is 12.1. The van der Waals surface area contributed by atoms with Gasteiger partial charge < -0.3 is 10.3 Å². The van der Waals surface area contributed by atoms with Crippen LogP contribution in [0.15, 0.2) is 41.4 Å². The van der Waals surface area contributed by atoms with Crippen LogP contribution in [0.3, 0.4) is 0 Å². The van der Waals surface area contributed by atoms with E-state index >= 15 is 0 Å². The lowest BCUT2D eigenvalue weighted by Gasteiger charge is -2.07. The number of fused-ring (bicyclic) bond motifs is 1. The second-order valence-corrected chi connectivity index (χ2v) is 6.62. The van der Waals surface area contributed by atoms with Gasteiger partial charge in [-0.15, -0.1) is 11.3 Å². The zero-order valence-corrected chi connectivity index (χ0v) is 14.6. The fourth-order valence-corrected chi connectivity index (χ4v) is 3.18. The molecule has 1 amide bonds. The summed E-state index contributed by atoms with van der Waals surface area (Å²) >= 11 is 7.69. The van der Waals surface area contributed by atoms with Crippen molar-refractivity contribution in [1.29, 1.82) is 0 Å². The minimum absolute atomic E-state index is 0.267. The summed E-state index contributed by atoms with van der Waals surface area (Å²) in [6.45, 7) is 1.97. The summed E-state index contributed by atoms with van der Waals surface area (Å²) in [4.78, 5) is 28.2. The Kier molecular flexibility index (Phi) is 3.95. The van der Waals surface area contributed by atoms with Gasteiger partial charge in [-0.25, -0.2) is 15.0 Å². The lowest BCUT2D eigenvalue weighted by atomic mass is 10.2. The molecule has 4 rings (SSSR count). The van der Waals surface area contributed by atoms with Crippen LogP contribution < -0.4 is 5.32 Å². The summed E-state index contributed by atoms with van der Waals surface area (Å²) in [7, 11) is 0. The van der Waals surface area contributed by atoms with Gasteiger partial charge in [-0.2, -0.15) is 0 Å². The van der Waals surface area contributed by atoms with Crippen molar-refractivity contribution in [2.75, 3.05) is 5.32 Å². The molecule has 3 heterocycles. The Morgan fingerprint density at radius 1 is 1.28 bits per heavy atom. The number of hydrogen-bond donors (Lipinski definition) is 2. The summed E-state index contributed by atoms with van der Waals surface area (Å²) in [5, 5.41) is 5.04. The Labute approximate surface area is 151 Å². The topological polar surface area (TPSA) is 83.6 Å². The average Bonchev–Trinajstić information content (AvgIpc) is 3.25. The van der Waals surface area contributed by atoms with Gasteiger partial charge in [0.25, 0.3) is 5.91 Å². The van der Waals surface area contributed by atoms with Crippen molar-refractivity contribution in [2.24, 2.45) is 0 Å². The number of aryl methyl sites for hydroxylation is 1. The molecule has 0 aliphatic rings. The van der Waals surface area contributed by atoms with E-state index in [-0.39, 0.29) is 5.91 Å². The highest BCUT2D eigenvalue weighted by Gasteiger charge is 2.13. The Hall–Kier alpha value is -2.77. The number of aromatic nitrogens is 4. The number of anilines is 1. The lowest BCUT2D eigenvalue weighted by Crippen LogP contribution is -2.12. The van der Waals surface area contributed by atoms with Crippen molar-refractivity contribution in [3.05, 3.63) is 57.6 Å². The van der Waals surface area contributed by atoms with E-state index in [1.807, 2.05) is 13.0 Å². The Balaban J connectivity index is 1.70. The number of H-pyrrole nitrogens is 1. The van der Waals surface area contributed by atoms with Crippen LogP contribution in [-0.4, -0.2) is 25.8 Å². The molecular formula is C17H12ClN5OS. The standard InChI is InChI=1S/C17H12ClN5OS/c1-9-4-13-16(19-6-9)23-15(22-13)11-5-10(2-3-12(11)18)21-17(24)14-7-25-8-20-14/h2-8H,1H3,(H,21,24)(H,19,22,23). The number of hydrogen-bond acceptors (Lipinski definition) is 5. The number of amides is 1. The molecule has 124 valence electrons. The molecule has 0 saturated carbocycles. The van der Waals surface area contributed by atoms with E-state index < -0.39 is 0 Å². The molecule has 8 heteroatoms. The number of halogens is 1. The zero-order chi connectivity index (χ0) is 17.4. The maximum Gasteiger partial charge on any atom is 0.275 e. The Morgan fingerprint density at radius 3 is 2.96 bits per heavy atom. The van der Waals surface area contributed by atoms with Crippen molar-refractivity contribution in [2.45, 2.75) is 6.92 Å². The van der Waals surface area contributed by atoms with Crippen LogP contribution in [-0.2, 0) is 0 Å². The Morgan fingerprint density at radius 2 is 2.16 bits per heavy atom. The summed E-state index contributed by atoms with van der Waals surface area (Å²) < 4.78 is 0. The fraction of sp³-hybridized carbons (Fsp3) is 0.0588. The molecule has 0 unspecified atom stereocenters. The van der Waals surface area contributed by atoms with Gasteiger partial charge in [-0.3, -0.25) is 4.79 Å². The SMILES string of the molecule is Cc1cnc2nc(-c3cc(NC(=O)c4cscn4)ccc3Cl)[nH]c2c1. The molecular weight excluding hydrogens is 358 g/mol. The molecule has 2 N–H and O–H groups in total. The molecule has 3 aromatic heterocycles. The van der Waals surface area contributed by atoms with Crippen molar-refractivity contribution in [3.8, 4) is 11.4 Å². The van der Waals surface area contributed by atoms with Crippen LogP contribution in [0.4, 0.5) is 5.69 Å². The molecule has 0 aliphatic carbocycles. The van der Waals surface area contributed by atoms with Gasteiger partial charge in [-0.05, 0) is 36.8 Å². The van der Waals surface area contributed by atoms with Gasteiger partial charge in [-0.1, -0.05) is 11.6 Å². The van der Waals surface area contributed by atoms with Gasteiger partial charge >= 0.3 is 0 Å². The number of nitrogens with zero attached hydrogens (tertiary/aromatic N) is 3. The van der Waals surface area contributed by atoms with Crippen molar-refractivity contribution >= 4 is 45.7 Å². The molecule has 0 fully saturated rings. The predicted molar refractivity (Wildman–Crippen MR) is 99.1 cm³/mol. The maximum atomic E-state index is 12.2. The molecule has 0 radical (unpaired) electrons. The molecule has 1 aromatic carbocycles. The normalized spacial score (nSPS) is 11.0. The number of carbonyl (C=O) groups excluding carboxylic acids is 1. The number of benzene rings is 1. The van der Waals surface area contributed by atoms with Crippen LogP contribution >= 0.6 is 22.9 Å². The van der Waals surface area contributed by atoms with E-state index in [2.05, 4.69) is 25.3 Å². The lowest BCUT2D eigenvalue weighted by molar-refractivity contribution is 0.102. The number of carbonyl (C=O) groups is 1. The number of imidazole rings is 1. The molecule has 0 spiro atoms. The van der Waals surface area contributed by atoms with E-state index in [0.717, 1.165) is 11.1 Å². The minimum Gasteiger partial charge on any atom is -0.337 e. The molecule has 0 atom stereocenters. The van der Waals surface area contributed by atoms with Gasteiger partial charge in [0.1, 0.15) is 11.5 Å². The van der Waals surface area contributed by atoms with E-state index in [1.165, 1.54) is 11.3 Å². The third kappa shape index (κ3) is 3.11. The molecule has 0 saturated heterocycles. The first-order valence-corrected chi connectivity index (χ1v) is 8.74. The molecule has 4 aromatic rings. The van der Waals surface area contributed by atoms with Gasteiger partial charge in [0.05, 0.1) is 16.0 Å². The van der Waals surface area contributed by atoms with Crippen LogP contribution in [0.2, 0.25) is 5.02 Å². The summed E-state index contributed by atoms with van der Waals surface area (Å²) in [5.41, 5.74) is 5.79. The van der Waals surface area contributed by atoms with Crippen LogP contribution in [0.25, 0.3) is 22.6 Å². The van der Waals surface area contributed by atoms with Gasteiger partial charge in [0.15, 0.2) is 5.65 Å². The first-order valence-electron chi connectivity index (χ1n) is 7.42. The highest BCUT2D eigenvalue weighted by atomic mass is 35.5. The second kappa shape index (κ2) is 6.27. The first kappa shape index (κ1) is 15.7. The van der Waals surface area contributed by atoms with E-state index in [0.29, 0.717) is 33.4 Å². The van der Waals surface area contributed by atoms with E-state index in [4.69, 9.17) is 11.6 Å². The highest BCUT2D eigenvalue weighted by Crippen LogP contribution is 2.30. The summed E-state index contributed by atoms with van der Waals surface area (Å²) in [6.07, 6.45) is 1.76. The summed E-state index contributed by atoms with van der Waals surface area (Å²) in [6, 6.07) is 7.21. The van der Waals surface area contributed by atoms with Crippen LogP contribution in [0, 0.1) is 6.92 Å². The number of nitrogens with one attached hydrogen (secondary N) is 2. The fourth-order valence-electron chi connectivity index (χ4n) is 2.44. The number of aromatic amines is 1. The third-order valence-corrected chi connectivity index (χ3v) is 4.53. The quantitative estimate of drug-likeness (QED) is 0.564. The van der Waals surface area contributed by atoms with E-state index in [9.17, 15) is 4.79 Å². The van der Waals surface area contributed by atoms with Gasteiger partial charge in [0, 0.05) is 22.8 Å². The molecule has 0 bridgehead atoms. The van der Waals surface area contributed by atoms with Crippen LogP contribution in [0.1, 0.15) is 16.1 Å². The minimum atomic E-state index is -0.267. The molecule has 25 heavy (non-hydrogen) atoms. The highest BCUT2D eigenvalue weighted by molar-refractivity contribution is 7.07. The van der Waals surface area contributed by atoms with Crippen molar-refractivity contribution < 1.29 is 4.79 Å². The maximum absolute atomic E-state index is 12.2. The number of thiazole rings is 1. The molecule has 6 nitrogen and oxygen atoms in total. The van der Waals surface area contributed by atoms with Crippen LogP contribution in [0.5, 0.6) is 0 Å². The van der Waals surface area contributed by atoms with Crippen molar-refractivity contribution in [1.82, 2.24) is 19.9 Å². The smallest absolute Gasteiger partial charge is 0.275 e.